The van der Waals surface area contributed by atoms with Gasteiger partial charge >= 0.3 is 0 Å². The van der Waals surface area contributed by atoms with Crippen LogP contribution in [0.1, 0.15) is 11.3 Å². The second kappa shape index (κ2) is 5.56. The number of hydrogen-bond donors (Lipinski definition) is 1. The van der Waals surface area contributed by atoms with Crippen molar-refractivity contribution in [2.75, 3.05) is 5.32 Å². The number of para-hydroxylation sites is 1. The number of anilines is 2. The lowest BCUT2D eigenvalue weighted by Gasteiger charge is -2.12. The van der Waals surface area contributed by atoms with Crippen molar-refractivity contribution in [3.05, 3.63) is 70.5 Å². The Bertz CT molecular complexity index is 968. The molecule has 4 heteroatoms. The van der Waals surface area contributed by atoms with Crippen molar-refractivity contribution in [1.82, 2.24) is 9.38 Å². The van der Waals surface area contributed by atoms with E-state index in [1.165, 1.54) is 5.56 Å². The Kier molecular flexibility index (Phi) is 3.39. The third kappa shape index (κ3) is 2.41. The van der Waals surface area contributed by atoms with Gasteiger partial charge in [-0.1, -0.05) is 24.3 Å². The van der Waals surface area contributed by atoms with E-state index in [4.69, 9.17) is 4.98 Å². The number of aryl methyl sites for hydroxylation is 2. The predicted octanol–water partition coefficient (Wildman–Crippen LogP) is 5.42. The minimum absolute atomic E-state index is 0.960. The molecule has 0 unspecified atom stereocenters. The molecular formula is C19H17N3S. The zero-order valence-corrected chi connectivity index (χ0v) is 13.9. The Morgan fingerprint density at radius 2 is 1.87 bits per heavy atom. The van der Waals surface area contributed by atoms with Crippen molar-refractivity contribution < 1.29 is 0 Å². The number of nitrogens with one attached hydrogen (secondary N) is 1. The number of rotatable bonds is 3. The van der Waals surface area contributed by atoms with Crippen LogP contribution in [0.2, 0.25) is 0 Å². The standard InChI is InChI=1S/C19H17N3S/c1-13-6-3-4-8-16(13)20-19-18(15-10-11-23-12-15)21-17-9-5-7-14(2)22(17)19/h3-12,20H,1-2H3. The predicted molar refractivity (Wildman–Crippen MR) is 97.7 cm³/mol. The van der Waals surface area contributed by atoms with Crippen LogP contribution in [0.5, 0.6) is 0 Å². The van der Waals surface area contributed by atoms with E-state index in [1.807, 2.05) is 12.1 Å². The Balaban J connectivity index is 1.96. The zero-order valence-electron chi connectivity index (χ0n) is 13.1. The van der Waals surface area contributed by atoms with E-state index in [0.717, 1.165) is 34.1 Å². The van der Waals surface area contributed by atoms with Crippen molar-refractivity contribution in [2.45, 2.75) is 13.8 Å². The van der Waals surface area contributed by atoms with Crippen LogP contribution in [0.25, 0.3) is 16.9 Å². The largest absolute Gasteiger partial charge is 0.339 e. The highest BCUT2D eigenvalue weighted by Gasteiger charge is 2.16. The fourth-order valence-corrected chi connectivity index (χ4v) is 3.45. The second-order valence-electron chi connectivity index (χ2n) is 5.62. The summed E-state index contributed by atoms with van der Waals surface area (Å²) in [6.07, 6.45) is 0. The fourth-order valence-electron chi connectivity index (χ4n) is 2.81. The Morgan fingerprint density at radius 1 is 1.00 bits per heavy atom. The Morgan fingerprint density at radius 3 is 2.65 bits per heavy atom. The molecule has 0 spiro atoms. The summed E-state index contributed by atoms with van der Waals surface area (Å²) < 4.78 is 2.18. The molecule has 0 amide bonds. The second-order valence-corrected chi connectivity index (χ2v) is 6.40. The lowest BCUT2D eigenvalue weighted by Crippen LogP contribution is -2.00. The lowest BCUT2D eigenvalue weighted by atomic mass is 10.2. The molecule has 0 radical (unpaired) electrons. The minimum Gasteiger partial charge on any atom is -0.339 e. The van der Waals surface area contributed by atoms with Gasteiger partial charge in [-0.05, 0) is 49.1 Å². The van der Waals surface area contributed by atoms with Crippen LogP contribution in [0.4, 0.5) is 11.5 Å². The monoisotopic (exact) mass is 319 g/mol. The van der Waals surface area contributed by atoms with Gasteiger partial charge in [0.25, 0.3) is 0 Å². The number of hydrogen-bond acceptors (Lipinski definition) is 3. The molecule has 0 saturated heterocycles. The molecule has 0 saturated carbocycles. The van der Waals surface area contributed by atoms with E-state index in [0.29, 0.717) is 0 Å². The summed E-state index contributed by atoms with van der Waals surface area (Å²) in [6, 6.07) is 16.6. The van der Waals surface area contributed by atoms with Crippen LogP contribution in [-0.4, -0.2) is 9.38 Å². The average Bonchev–Trinajstić information content (AvgIpc) is 3.18. The number of benzene rings is 1. The van der Waals surface area contributed by atoms with Gasteiger partial charge in [0.15, 0.2) is 0 Å². The van der Waals surface area contributed by atoms with Gasteiger partial charge in [-0.3, -0.25) is 4.40 Å². The fraction of sp³-hybridized carbons (Fsp3) is 0.105. The number of thiophene rings is 1. The molecule has 0 atom stereocenters. The van der Waals surface area contributed by atoms with Gasteiger partial charge in [0.2, 0.25) is 0 Å². The maximum absolute atomic E-state index is 4.85. The molecule has 3 nitrogen and oxygen atoms in total. The van der Waals surface area contributed by atoms with Crippen LogP contribution in [0.15, 0.2) is 59.3 Å². The summed E-state index contributed by atoms with van der Waals surface area (Å²) in [6.45, 7) is 4.22. The summed E-state index contributed by atoms with van der Waals surface area (Å²) in [5.41, 5.74) is 6.58. The zero-order chi connectivity index (χ0) is 15.8. The molecule has 23 heavy (non-hydrogen) atoms. The normalized spacial score (nSPS) is 11.0. The average molecular weight is 319 g/mol. The summed E-state index contributed by atoms with van der Waals surface area (Å²) in [5, 5.41) is 7.82. The highest BCUT2D eigenvalue weighted by atomic mass is 32.1. The first-order valence-corrected chi connectivity index (χ1v) is 8.51. The third-order valence-electron chi connectivity index (χ3n) is 4.03. The summed E-state index contributed by atoms with van der Waals surface area (Å²) in [7, 11) is 0. The lowest BCUT2D eigenvalue weighted by molar-refractivity contribution is 1.10. The van der Waals surface area contributed by atoms with Gasteiger partial charge in [-0.15, -0.1) is 0 Å². The number of pyridine rings is 1. The molecule has 0 aliphatic heterocycles. The molecule has 1 N–H and O–H groups in total. The van der Waals surface area contributed by atoms with E-state index in [-0.39, 0.29) is 0 Å². The molecule has 0 fully saturated rings. The molecule has 1 aromatic carbocycles. The van der Waals surface area contributed by atoms with Crippen LogP contribution in [0, 0.1) is 13.8 Å². The van der Waals surface area contributed by atoms with Gasteiger partial charge in [-0.2, -0.15) is 11.3 Å². The molecule has 4 rings (SSSR count). The first-order chi connectivity index (χ1) is 11.2. The number of nitrogens with zero attached hydrogens (tertiary/aromatic N) is 2. The molecule has 0 aliphatic rings. The number of fused-ring (bicyclic) bond motifs is 1. The van der Waals surface area contributed by atoms with E-state index in [9.17, 15) is 0 Å². The van der Waals surface area contributed by atoms with E-state index >= 15 is 0 Å². The Labute approximate surface area is 139 Å². The molecule has 0 aliphatic carbocycles. The van der Waals surface area contributed by atoms with Crippen molar-refractivity contribution in [1.29, 1.82) is 0 Å². The number of imidazole rings is 1. The maximum Gasteiger partial charge on any atom is 0.143 e. The quantitative estimate of drug-likeness (QED) is 0.546. The summed E-state index contributed by atoms with van der Waals surface area (Å²) >= 11 is 1.69. The van der Waals surface area contributed by atoms with Crippen LogP contribution < -0.4 is 5.32 Å². The third-order valence-corrected chi connectivity index (χ3v) is 4.71. The highest BCUT2D eigenvalue weighted by Crippen LogP contribution is 2.33. The van der Waals surface area contributed by atoms with Crippen molar-refractivity contribution in [3.63, 3.8) is 0 Å². The van der Waals surface area contributed by atoms with Gasteiger partial charge in [0, 0.05) is 22.3 Å². The molecular weight excluding hydrogens is 302 g/mol. The van der Waals surface area contributed by atoms with Gasteiger partial charge in [0.1, 0.15) is 17.2 Å². The first kappa shape index (κ1) is 14.0. The number of aromatic nitrogens is 2. The summed E-state index contributed by atoms with van der Waals surface area (Å²) in [5.74, 6) is 1.02. The van der Waals surface area contributed by atoms with Crippen molar-refractivity contribution >= 4 is 28.5 Å². The van der Waals surface area contributed by atoms with Gasteiger partial charge in [0.05, 0.1) is 0 Å². The van der Waals surface area contributed by atoms with Crippen LogP contribution >= 0.6 is 11.3 Å². The first-order valence-electron chi connectivity index (χ1n) is 7.57. The van der Waals surface area contributed by atoms with Crippen LogP contribution in [-0.2, 0) is 0 Å². The molecule has 3 heterocycles. The van der Waals surface area contributed by atoms with Gasteiger partial charge in [-0.25, -0.2) is 4.98 Å². The van der Waals surface area contributed by atoms with Crippen LogP contribution in [0.3, 0.4) is 0 Å². The van der Waals surface area contributed by atoms with E-state index in [1.54, 1.807) is 11.3 Å². The van der Waals surface area contributed by atoms with Crippen molar-refractivity contribution in [2.24, 2.45) is 0 Å². The van der Waals surface area contributed by atoms with E-state index < -0.39 is 0 Å². The maximum atomic E-state index is 4.85. The molecule has 0 bridgehead atoms. The highest BCUT2D eigenvalue weighted by molar-refractivity contribution is 7.08. The minimum atomic E-state index is 0.960. The van der Waals surface area contributed by atoms with Gasteiger partial charge < -0.3 is 5.32 Å². The summed E-state index contributed by atoms with van der Waals surface area (Å²) in [4.78, 5) is 4.85. The molecule has 4 aromatic rings. The smallest absolute Gasteiger partial charge is 0.143 e. The van der Waals surface area contributed by atoms with E-state index in [2.05, 4.69) is 70.7 Å². The van der Waals surface area contributed by atoms with Crippen molar-refractivity contribution in [3.8, 4) is 11.3 Å². The SMILES string of the molecule is Cc1ccccc1Nc1c(-c2ccsc2)nc2cccc(C)n12. The Hall–Kier alpha value is -2.59. The molecule has 114 valence electrons. The molecule has 3 aromatic heterocycles. The topological polar surface area (TPSA) is 29.3 Å².